The van der Waals surface area contributed by atoms with Crippen LogP contribution in [0.1, 0.15) is 6.92 Å². The molecule has 0 fully saturated rings. The fourth-order valence-electron chi connectivity index (χ4n) is 1.69. The van der Waals surface area contributed by atoms with E-state index >= 15 is 0 Å². The van der Waals surface area contributed by atoms with E-state index in [9.17, 15) is 0 Å². The Bertz CT molecular complexity index is 554. The maximum atomic E-state index is 5.84. The Kier molecular flexibility index (Phi) is 3.76. The van der Waals surface area contributed by atoms with Crippen LogP contribution < -0.4 is 15.2 Å². The van der Waals surface area contributed by atoms with Crippen LogP contribution in [-0.4, -0.2) is 23.9 Å². The minimum absolute atomic E-state index is 0.507. The molecule has 6 heteroatoms. The van der Waals surface area contributed by atoms with Crippen LogP contribution in [0.2, 0.25) is 0 Å². The Morgan fingerprint density at radius 2 is 2.11 bits per heavy atom. The first-order valence-electron chi connectivity index (χ1n) is 5.47. The molecule has 0 spiro atoms. The van der Waals surface area contributed by atoms with Gasteiger partial charge in [0.25, 0.3) is 0 Å². The number of halogens is 1. The highest BCUT2D eigenvalue weighted by Gasteiger charge is 2.15. The number of rotatable bonds is 4. The zero-order chi connectivity index (χ0) is 13.1. The fourth-order valence-corrected chi connectivity index (χ4v) is 2.19. The van der Waals surface area contributed by atoms with E-state index in [0.717, 1.165) is 15.6 Å². The summed E-state index contributed by atoms with van der Waals surface area (Å²) < 4.78 is 11.7. The van der Waals surface area contributed by atoms with Gasteiger partial charge in [0.15, 0.2) is 0 Å². The molecular weight excluding hydrogens is 298 g/mol. The average Bonchev–Trinajstić information content (AvgIpc) is 2.77. The van der Waals surface area contributed by atoms with E-state index in [1.54, 1.807) is 13.3 Å². The van der Waals surface area contributed by atoms with Crippen molar-refractivity contribution in [2.24, 2.45) is 0 Å². The van der Waals surface area contributed by atoms with E-state index in [1.165, 1.54) is 0 Å². The summed E-state index contributed by atoms with van der Waals surface area (Å²) in [6, 6.07) is 3.74. The maximum Gasteiger partial charge on any atom is 0.136 e. The molecule has 1 aromatic heterocycles. The van der Waals surface area contributed by atoms with Gasteiger partial charge >= 0.3 is 0 Å². The molecule has 0 unspecified atom stereocenters. The van der Waals surface area contributed by atoms with Gasteiger partial charge in [-0.3, -0.25) is 5.10 Å². The Hall–Kier alpha value is -1.69. The first-order valence-corrected chi connectivity index (χ1v) is 6.26. The smallest absolute Gasteiger partial charge is 0.136 e. The van der Waals surface area contributed by atoms with Crippen LogP contribution in [0.4, 0.5) is 5.82 Å². The number of ether oxygens (including phenoxy) is 2. The third-order valence-electron chi connectivity index (χ3n) is 2.51. The molecule has 18 heavy (non-hydrogen) atoms. The second-order valence-electron chi connectivity index (χ2n) is 3.61. The van der Waals surface area contributed by atoms with Crippen LogP contribution in [0, 0.1) is 0 Å². The number of benzene rings is 1. The van der Waals surface area contributed by atoms with Gasteiger partial charge in [-0.05, 0) is 28.9 Å². The van der Waals surface area contributed by atoms with Crippen molar-refractivity contribution < 1.29 is 9.47 Å². The zero-order valence-electron chi connectivity index (χ0n) is 10.2. The van der Waals surface area contributed by atoms with E-state index in [0.29, 0.717) is 23.9 Å². The van der Waals surface area contributed by atoms with Crippen molar-refractivity contribution >= 4 is 21.7 Å². The van der Waals surface area contributed by atoms with Crippen LogP contribution in [0.15, 0.2) is 22.8 Å². The lowest BCUT2D eigenvalue weighted by atomic mass is 10.1. The molecule has 1 aromatic carbocycles. The molecular formula is C12H14BrN3O2. The molecule has 2 aromatic rings. The van der Waals surface area contributed by atoms with Crippen molar-refractivity contribution in [2.75, 3.05) is 19.5 Å². The predicted octanol–water partition coefficient (Wildman–Crippen LogP) is 2.83. The van der Waals surface area contributed by atoms with Crippen LogP contribution >= 0.6 is 15.9 Å². The van der Waals surface area contributed by atoms with Crippen molar-refractivity contribution in [1.82, 2.24) is 10.2 Å². The van der Waals surface area contributed by atoms with E-state index in [4.69, 9.17) is 15.2 Å². The Morgan fingerprint density at radius 1 is 1.33 bits per heavy atom. The second kappa shape index (κ2) is 5.30. The molecule has 0 radical (unpaired) electrons. The zero-order valence-corrected chi connectivity index (χ0v) is 11.7. The number of hydrogen-bond acceptors (Lipinski definition) is 4. The van der Waals surface area contributed by atoms with Crippen molar-refractivity contribution in [3.05, 3.63) is 22.8 Å². The second-order valence-corrected chi connectivity index (χ2v) is 4.47. The Labute approximate surface area is 113 Å². The molecule has 3 N–H and O–H groups in total. The van der Waals surface area contributed by atoms with Crippen LogP contribution in [0.3, 0.4) is 0 Å². The lowest BCUT2D eigenvalue weighted by molar-refractivity contribution is 0.337. The van der Waals surface area contributed by atoms with Gasteiger partial charge in [0.1, 0.15) is 17.3 Å². The highest BCUT2D eigenvalue weighted by atomic mass is 79.9. The number of nitrogens with two attached hydrogens (primary N) is 1. The van der Waals surface area contributed by atoms with E-state index in [-0.39, 0.29) is 0 Å². The van der Waals surface area contributed by atoms with Crippen molar-refractivity contribution in [3.63, 3.8) is 0 Å². The summed E-state index contributed by atoms with van der Waals surface area (Å²) in [6.07, 6.45) is 1.67. The van der Waals surface area contributed by atoms with Gasteiger partial charge in [0.05, 0.1) is 24.4 Å². The molecule has 0 amide bonds. The molecule has 0 atom stereocenters. The number of nitrogens with zero attached hydrogens (tertiary/aromatic N) is 1. The first kappa shape index (κ1) is 12.8. The maximum absolute atomic E-state index is 5.84. The molecule has 0 bridgehead atoms. The van der Waals surface area contributed by atoms with E-state index in [2.05, 4.69) is 26.1 Å². The summed E-state index contributed by atoms with van der Waals surface area (Å²) in [5.74, 6) is 1.93. The summed E-state index contributed by atoms with van der Waals surface area (Å²) in [4.78, 5) is 0. The number of nitrogens with one attached hydrogen (secondary N) is 1. The third kappa shape index (κ3) is 2.28. The van der Waals surface area contributed by atoms with Crippen molar-refractivity contribution in [3.8, 4) is 22.6 Å². The van der Waals surface area contributed by atoms with Crippen LogP contribution in [0.5, 0.6) is 11.5 Å². The fraction of sp³-hybridized carbons (Fsp3) is 0.250. The summed E-state index contributed by atoms with van der Waals surface area (Å²) >= 11 is 3.45. The predicted molar refractivity (Wildman–Crippen MR) is 73.9 cm³/mol. The number of H-pyrrole nitrogens is 1. The summed E-state index contributed by atoms with van der Waals surface area (Å²) in [5.41, 5.74) is 7.52. The standard InChI is InChI=1S/C12H14BrN3O2/c1-3-18-10-5-11(17-2)9(13)4-7(10)8-6-15-16-12(8)14/h4-6H,3H2,1-2H3,(H3,14,15,16). The van der Waals surface area contributed by atoms with Gasteiger partial charge in [-0.2, -0.15) is 5.10 Å². The van der Waals surface area contributed by atoms with Crippen LogP contribution in [-0.2, 0) is 0 Å². The number of anilines is 1. The normalized spacial score (nSPS) is 10.4. The number of aromatic amines is 1. The van der Waals surface area contributed by atoms with Crippen LogP contribution in [0.25, 0.3) is 11.1 Å². The molecule has 1 heterocycles. The van der Waals surface area contributed by atoms with E-state index < -0.39 is 0 Å². The summed E-state index contributed by atoms with van der Waals surface area (Å²) in [6.45, 7) is 2.49. The van der Waals surface area contributed by atoms with Crippen molar-refractivity contribution in [2.45, 2.75) is 6.92 Å². The molecule has 0 aliphatic heterocycles. The topological polar surface area (TPSA) is 73.2 Å². The van der Waals surface area contributed by atoms with Crippen molar-refractivity contribution in [1.29, 1.82) is 0 Å². The molecule has 96 valence electrons. The minimum Gasteiger partial charge on any atom is -0.495 e. The lowest BCUT2D eigenvalue weighted by Crippen LogP contribution is -1.97. The van der Waals surface area contributed by atoms with Gasteiger partial charge in [-0.15, -0.1) is 0 Å². The molecule has 2 rings (SSSR count). The Balaban J connectivity index is 2.58. The quantitative estimate of drug-likeness (QED) is 0.910. The largest absolute Gasteiger partial charge is 0.495 e. The van der Waals surface area contributed by atoms with E-state index in [1.807, 2.05) is 19.1 Å². The van der Waals surface area contributed by atoms with Gasteiger partial charge < -0.3 is 15.2 Å². The number of hydrogen-bond donors (Lipinski definition) is 2. The van der Waals surface area contributed by atoms with Gasteiger partial charge in [-0.25, -0.2) is 0 Å². The number of methoxy groups -OCH3 is 1. The number of nitrogen functional groups attached to an aromatic ring is 1. The van der Waals surface area contributed by atoms with Gasteiger partial charge in [0.2, 0.25) is 0 Å². The Morgan fingerprint density at radius 3 is 2.67 bits per heavy atom. The first-order chi connectivity index (χ1) is 8.67. The monoisotopic (exact) mass is 311 g/mol. The SMILES string of the molecule is CCOc1cc(OC)c(Br)cc1-c1cn[nH]c1N. The molecule has 0 saturated carbocycles. The molecule has 0 aliphatic rings. The molecule has 5 nitrogen and oxygen atoms in total. The molecule has 0 aliphatic carbocycles. The lowest BCUT2D eigenvalue weighted by Gasteiger charge is -2.13. The number of aromatic nitrogens is 2. The molecule has 0 saturated heterocycles. The highest BCUT2D eigenvalue weighted by Crippen LogP contribution is 2.40. The third-order valence-corrected chi connectivity index (χ3v) is 3.13. The summed E-state index contributed by atoms with van der Waals surface area (Å²) in [5, 5.41) is 6.63. The highest BCUT2D eigenvalue weighted by molar-refractivity contribution is 9.10. The van der Waals surface area contributed by atoms with Gasteiger partial charge in [-0.1, -0.05) is 0 Å². The van der Waals surface area contributed by atoms with Gasteiger partial charge in [0, 0.05) is 17.2 Å². The summed E-state index contributed by atoms with van der Waals surface area (Å²) in [7, 11) is 1.61. The minimum atomic E-state index is 0.507. The average molecular weight is 312 g/mol.